The van der Waals surface area contributed by atoms with Gasteiger partial charge >= 0.3 is 5.97 Å². The molecule has 162 valence electrons. The van der Waals surface area contributed by atoms with Crippen molar-refractivity contribution in [2.75, 3.05) is 18.4 Å². The van der Waals surface area contributed by atoms with E-state index < -0.39 is 17.8 Å². The molecule has 1 saturated heterocycles. The van der Waals surface area contributed by atoms with Gasteiger partial charge in [-0.25, -0.2) is 4.98 Å². The van der Waals surface area contributed by atoms with E-state index in [4.69, 9.17) is 0 Å². The first-order valence-electron chi connectivity index (χ1n) is 11.4. The number of rotatable bonds is 6. The summed E-state index contributed by atoms with van der Waals surface area (Å²) in [5, 5.41) is 16.5. The second-order valence-corrected chi connectivity index (χ2v) is 10.7. The molecule has 1 aliphatic heterocycles. The fourth-order valence-corrected chi connectivity index (χ4v) is 7.54. The van der Waals surface area contributed by atoms with Gasteiger partial charge in [-0.05, 0) is 115 Å². The zero-order valence-corrected chi connectivity index (χ0v) is 18.7. The van der Waals surface area contributed by atoms with Crippen molar-refractivity contribution in [3.63, 3.8) is 0 Å². The average molecular weight is 476 g/mol. The molecule has 4 aliphatic rings. The molecule has 0 aromatic carbocycles. The number of aromatic nitrogens is 1. The van der Waals surface area contributed by atoms with Crippen molar-refractivity contribution >= 4 is 33.5 Å². The van der Waals surface area contributed by atoms with Crippen LogP contribution in [0.1, 0.15) is 44.9 Å². The summed E-state index contributed by atoms with van der Waals surface area (Å²) in [7, 11) is 0. The molecular formula is C23H30BrN3O3. The molecule has 2 bridgehead atoms. The van der Waals surface area contributed by atoms with Crippen molar-refractivity contribution in [1.82, 2.24) is 10.3 Å². The summed E-state index contributed by atoms with van der Waals surface area (Å²) >= 11 is 3.30. The van der Waals surface area contributed by atoms with Crippen LogP contribution in [-0.4, -0.2) is 35.1 Å². The fraction of sp³-hybridized carbons (Fsp3) is 0.696. The molecule has 1 aromatic heterocycles. The van der Waals surface area contributed by atoms with Gasteiger partial charge in [0.05, 0.1) is 23.7 Å². The van der Waals surface area contributed by atoms with Gasteiger partial charge in [0, 0.05) is 0 Å². The minimum atomic E-state index is -0.794. The van der Waals surface area contributed by atoms with Crippen molar-refractivity contribution in [2.45, 2.75) is 44.9 Å². The van der Waals surface area contributed by atoms with Crippen LogP contribution in [0.4, 0.5) is 5.69 Å². The van der Waals surface area contributed by atoms with E-state index >= 15 is 0 Å². The second kappa shape index (κ2) is 7.90. The van der Waals surface area contributed by atoms with Crippen LogP contribution in [-0.2, 0) is 9.59 Å². The highest BCUT2D eigenvalue weighted by atomic mass is 79.9. The number of halogens is 1. The Morgan fingerprint density at radius 1 is 1.20 bits per heavy atom. The topological polar surface area (TPSA) is 91.3 Å². The first kappa shape index (κ1) is 20.4. The smallest absolute Gasteiger partial charge is 0.307 e. The Balaban J connectivity index is 1.30. The van der Waals surface area contributed by atoms with Gasteiger partial charge in [-0.2, -0.15) is 0 Å². The fourth-order valence-electron chi connectivity index (χ4n) is 7.30. The zero-order chi connectivity index (χ0) is 20.9. The maximum atomic E-state index is 13.2. The molecule has 1 spiro atoms. The van der Waals surface area contributed by atoms with Crippen LogP contribution in [0, 0.1) is 40.9 Å². The number of carbonyl (C=O) groups excluding carboxylic acids is 1. The lowest BCUT2D eigenvalue weighted by molar-refractivity contribution is -0.148. The molecule has 3 unspecified atom stereocenters. The van der Waals surface area contributed by atoms with Crippen LogP contribution in [0.25, 0.3) is 0 Å². The largest absolute Gasteiger partial charge is 0.481 e. The van der Waals surface area contributed by atoms with E-state index in [1.54, 1.807) is 18.3 Å². The van der Waals surface area contributed by atoms with E-state index in [-0.39, 0.29) is 23.2 Å². The molecule has 30 heavy (non-hydrogen) atoms. The number of carboxylic acids is 1. The average Bonchev–Trinajstić information content (AvgIpc) is 3.28. The van der Waals surface area contributed by atoms with E-state index in [2.05, 4.69) is 31.5 Å². The number of nitrogens with one attached hydrogen (secondary N) is 2. The molecule has 3 aliphatic carbocycles. The van der Waals surface area contributed by atoms with E-state index in [1.807, 2.05) is 0 Å². The Labute approximate surface area is 185 Å². The molecule has 7 atom stereocenters. The first-order chi connectivity index (χ1) is 14.5. The number of carbonyl (C=O) groups is 2. The molecule has 6 nitrogen and oxygen atoms in total. The van der Waals surface area contributed by atoms with Crippen molar-refractivity contribution in [1.29, 1.82) is 0 Å². The third-order valence-corrected chi connectivity index (χ3v) is 9.00. The van der Waals surface area contributed by atoms with Gasteiger partial charge in [0.15, 0.2) is 0 Å². The Morgan fingerprint density at radius 3 is 2.67 bits per heavy atom. The normalized spacial score (nSPS) is 39.2. The SMILES string of the molecule is O=C(O)[C@H]1[C@H](C(=O)Nc2ccc(Br)nc2)[C@@H]2CC[C@H]1C21CC1CCC1CCCNC1. The first-order valence-corrected chi connectivity index (χ1v) is 12.2. The summed E-state index contributed by atoms with van der Waals surface area (Å²) in [6, 6.07) is 3.58. The van der Waals surface area contributed by atoms with Crippen molar-refractivity contribution in [3.8, 4) is 0 Å². The van der Waals surface area contributed by atoms with Gasteiger partial charge in [-0.3, -0.25) is 9.59 Å². The number of piperidine rings is 1. The lowest BCUT2D eigenvalue weighted by Gasteiger charge is -2.26. The van der Waals surface area contributed by atoms with Crippen LogP contribution in [0.3, 0.4) is 0 Å². The standard InChI is InChI=1S/C23H30BrN3O3/c24-18-8-5-15(12-26-18)27-21(28)19-16-6-7-17(20(19)22(29)30)23(16)10-14(23)4-3-13-2-1-9-25-11-13/h5,8,12-14,16-17,19-20,25H,1-4,6-7,9-11H2,(H,27,28)(H,29,30)/t13?,14?,16-,17+,19+,20+,23?/m0/s1. The third kappa shape index (κ3) is 3.38. The van der Waals surface area contributed by atoms with Crippen LogP contribution in [0.2, 0.25) is 0 Å². The number of amides is 1. The minimum Gasteiger partial charge on any atom is -0.481 e. The molecule has 5 rings (SSSR count). The summed E-state index contributed by atoms with van der Waals surface area (Å²) in [4.78, 5) is 29.6. The molecule has 1 aromatic rings. The summed E-state index contributed by atoms with van der Waals surface area (Å²) in [6.45, 7) is 2.26. The zero-order valence-electron chi connectivity index (χ0n) is 17.1. The lowest BCUT2D eigenvalue weighted by Crippen LogP contribution is -2.37. The summed E-state index contributed by atoms with van der Waals surface area (Å²) < 4.78 is 0.705. The highest BCUT2D eigenvalue weighted by Gasteiger charge is 2.75. The molecule has 7 heteroatoms. The summed E-state index contributed by atoms with van der Waals surface area (Å²) in [6.07, 6.45) is 9.69. The third-order valence-electron chi connectivity index (χ3n) is 8.53. The number of carboxylic acid groups (broad SMARTS) is 1. The number of hydrogen-bond donors (Lipinski definition) is 3. The van der Waals surface area contributed by atoms with Crippen molar-refractivity contribution < 1.29 is 14.7 Å². The highest BCUT2D eigenvalue weighted by Crippen LogP contribution is 2.78. The van der Waals surface area contributed by atoms with Crippen molar-refractivity contribution in [2.24, 2.45) is 40.9 Å². The molecule has 3 N–H and O–H groups in total. The Morgan fingerprint density at radius 2 is 2.00 bits per heavy atom. The highest BCUT2D eigenvalue weighted by molar-refractivity contribution is 9.10. The number of anilines is 1. The lowest BCUT2D eigenvalue weighted by atomic mass is 9.78. The molecule has 3 saturated carbocycles. The van der Waals surface area contributed by atoms with Crippen LogP contribution < -0.4 is 10.6 Å². The van der Waals surface area contributed by atoms with Gasteiger partial charge in [0.2, 0.25) is 5.91 Å². The molecule has 2 heterocycles. The van der Waals surface area contributed by atoms with Crippen LogP contribution >= 0.6 is 15.9 Å². The van der Waals surface area contributed by atoms with Gasteiger partial charge < -0.3 is 15.7 Å². The second-order valence-electron chi connectivity index (χ2n) is 9.84. The Hall–Kier alpha value is -1.47. The Bertz CT molecular complexity index is 825. The summed E-state index contributed by atoms with van der Waals surface area (Å²) in [5.74, 6) is -0.173. The van der Waals surface area contributed by atoms with Gasteiger partial charge in [0.1, 0.15) is 4.60 Å². The number of aliphatic carboxylic acids is 1. The molecular weight excluding hydrogens is 446 g/mol. The predicted octanol–water partition coefficient (Wildman–Crippen LogP) is 3.93. The number of pyridine rings is 1. The van der Waals surface area contributed by atoms with Gasteiger partial charge in [0.25, 0.3) is 0 Å². The van der Waals surface area contributed by atoms with E-state index in [0.717, 1.165) is 38.3 Å². The maximum absolute atomic E-state index is 13.2. The van der Waals surface area contributed by atoms with Gasteiger partial charge in [-0.1, -0.05) is 0 Å². The van der Waals surface area contributed by atoms with Gasteiger partial charge in [-0.15, -0.1) is 0 Å². The quantitative estimate of drug-likeness (QED) is 0.542. The Kier molecular flexibility index (Phi) is 5.38. The maximum Gasteiger partial charge on any atom is 0.307 e. The number of nitrogens with zero attached hydrogens (tertiary/aromatic N) is 1. The number of hydrogen-bond acceptors (Lipinski definition) is 4. The van der Waals surface area contributed by atoms with E-state index in [1.165, 1.54) is 25.7 Å². The minimum absolute atomic E-state index is 0.102. The van der Waals surface area contributed by atoms with E-state index in [9.17, 15) is 14.7 Å². The predicted molar refractivity (Wildman–Crippen MR) is 117 cm³/mol. The van der Waals surface area contributed by atoms with Crippen LogP contribution in [0.5, 0.6) is 0 Å². The molecule has 0 radical (unpaired) electrons. The van der Waals surface area contributed by atoms with E-state index in [0.29, 0.717) is 16.2 Å². The molecule has 1 amide bonds. The van der Waals surface area contributed by atoms with Crippen LogP contribution in [0.15, 0.2) is 22.9 Å². The molecule has 4 fully saturated rings. The monoisotopic (exact) mass is 475 g/mol. The summed E-state index contributed by atoms with van der Waals surface area (Å²) in [5.41, 5.74) is 0.729. The van der Waals surface area contributed by atoms with Crippen molar-refractivity contribution in [3.05, 3.63) is 22.9 Å².